The highest BCUT2D eigenvalue weighted by Gasteiger charge is 2.23. The first-order valence-electron chi connectivity index (χ1n) is 6.08. The minimum atomic E-state index is -0.00928. The van der Waals surface area contributed by atoms with E-state index in [0.717, 1.165) is 24.2 Å². The number of Topliss-reactive ketones (excluding diaryl/α,β-unsaturated/α-hetero) is 1. The Kier molecular flexibility index (Phi) is 3.43. The fourth-order valence-corrected chi connectivity index (χ4v) is 2.19. The van der Waals surface area contributed by atoms with E-state index in [2.05, 4.69) is 12.0 Å². The van der Waals surface area contributed by atoms with Gasteiger partial charge in [0.05, 0.1) is 5.69 Å². The van der Waals surface area contributed by atoms with Gasteiger partial charge in [0.2, 0.25) is 0 Å². The molecule has 0 saturated heterocycles. The highest BCUT2D eigenvalue weighted by molar-refractivity contribution is 5.85. The first kappa shape index (κ1) is 12.0. The summed E-state index contributed by atoms with van der Waals surface area (Å²) in [7, 11) is 1.89. The van der Waals surface area contributed by atoms with Gasteiger partial charge in [0.1, 0.15) is 5.78 Å². The van der Waals surface area contributed by atoms with Gasteiger partial charge in [-0.05, 0) is 18.9 Å². The number of carbonyl (C=O) groups is 1. The van der Waals surface area contributed by atoms with E-state index in [9.17, 15) is 4.79 Å². The van der Waals surface area contributed by atoms with Gasteiger partial charge in [-0.1, -0.05) is 19.1 Å². The van der Waals surface area contributed by atoms with Crippen LogP contribution in [0.25, 0.3) is 0 Å². The van der Waals surface area contributed by atoms with Crippen molar-refractivity contribution in [2.75, 3.05) is 0 Å². The maximum absolute atomic E-state index is 12.1. The SMILES string of the molecule is CCc1cc(CC(=O)C2C=CC(N)C2)n(C)n1. The number of hydrogen-bond donors (Lipinski definition) is 1. The second kappa shape index (κ2) is 4.84. The number of ketones is 1. The summed E-state index contributed by atoms with van der Waals surface area (Å²) in [5.74, 6) is 0.227. The number of hydrogen-bond acceptors (Lipinski definition) is 3. The van der Waals surface area contributed by atoms with Gasteiger partial charge in [-0.15, -0.1) is 0 Å². The molecule has 0 fully saturated rings. The Morgan fingerprint density at radius 1 is 1.59 bits per heavy atom. The third-order valence-corrected chi connectivity index (χ3v) is 3.28. The Morgan fingerprint density at radius 2 is 2.35 bits per heavy atom. The molecule has 4 heteroatoms. The Morgan fingerprint density at radius 3 is 2.88 bits per heavy atom. The zero-order chi connectivity index (χ0) is 12.4. The third-order valence-electron chi connectivity index (χ3n) is 3.28. The number of carbonyl (C=O) groups excluding carboxylic acids is 1. The van der Waals surface area contributed by atoms with E-state index in [1.165, 1.54) is 0 Å². The highest BCUT2D eigenvalue weighted by Crippen LogP contribution is 2.19. The van der Waals surface area contributed by atoms with Gasteiger partial charge in [-0.3, -0.25) is 9.48 Å². The van der Waals surface area contributed by atoms with E-state index < -0.39 is 0 Å². The lowest BCUT2D eigenvalue weighted by atomic mass is 9.99. The van der Waals surface area contributed by atoms with Crippen LogP contribution in [-0.4, -0.2) is 21.6 Å². The summed E-state index contributed by atoms with van der Waals surface area (Å²) in [6, 6.07) is 2.05. The molecule has 1 aliphatic carbocycles. The van der Waals surface area contributed by atoms with Crippen LogP contribution in [-0.2, 0) is 24.7 Å². The maximum Gasteiger partial charge on any atom is 0.145 e. The van der Waals surface area contributed by atoms with Crippen molar-refractivity contribution >= 4 is 5.78 Å². The third kappa shape index (κ3) is 2.64. The molecule has 2 unspecified atom stereocenters. The molecule has 0 aliphatic heterocycles. The molecule has 92 valence electrons. The molecule has 0 saturated carbocycles. The lowest BCUT2D eigenvalue weighted by Gasteiger charge is -2.08. The van der Waals surface area contributed by atoms with Crippen LogP contribution in [0, 0.1) is 5.92 Å². The van der Waals surface area contributed by atoms with Crippen molar-refractivity contribution in [2.45, 2.75) is 32.2 Å². The molecule has 17 heavy (non-hydrogen) atoms. The Bertz CT molecular complexity index is 448. The van der Waals surface area contributed by atoms with Gasteiger partial charge >= 0.3 is 0 Å². The van der Waals surface area contributed by atoms with Crippen molar-refractivity contribution in [3.05, 3.63) is 29.6 Å². The van der Waals surface area contributed by atoms with Gasteiger partial charge in [0.15, 0.2) is 0 Å². The van der Waals surface area contributed by atoms with E-state index in [1.807, 2.05) is 25.3 Å². The fraction of sp³-hybridized carbons (Fsp3) is 0.538. The summed E-state index contributed by atoms with van der Waals surface area (Å²) in [6.07, 6.45) is 5.95. The molecular formula is C13H19N3O. The molecule has 0 bridgehead atoms. The van der Waals surface area contributed by atoms with Crippen LogP contribution in [0.4, 0.5) is 0 Å². The summed E-state index contributed by atoms with van der Waals surface area (Å²) in [6.45, 7) is 2.06. The number of nitrogens with two attached hydrogens (primary N) is 1. The number of aryl methyl sites for hydroxylation is 2. The average Bonchev–Trinajstić information content (AvgIpc) is 2.86. The lowest BCUT2D eigenvalue weighted by molar-refractivity contribution is -0.121. The van der Waals surface area contributed by atoms with Gasteiger partial charge in [0, 0.05) is 31.1 Å². The summed E-state index contributed by atoms with van der Waals surface area (Å²) in [5.41, 5.74) is 7.78. The van der Waals surface area contributed by atoms with Gasteiger partial charge in [-0.2, -0.15) is 5.10 Å². The fourth-order valence-electron chi connectivity index (χ4n) is 2.19. The minimum Gasteiger partial charge on any atom is -0.324 e. The number of nitrogens with zero attached hydrogens (tertiary/aromatic N) is 2. The molecule has 0 spiro atoms. The number of allylic oxidation sites excluding steroid dienone is 1. The lowest BCUT2D eigenvalue weighted by Crippen LogP contribution is -2.20. The molecule has 4 nitrogen and oxygen atoms in total. The molecule has 0 aromatic carbocycles. The van der Waals surface area contributed by atoms with Crippen LogP contribution in [0.2, 0.25) is 0 Å². The summed E-state index contributed by atoms with van der Waals surface area (Å²) in [4.78, 5) is 12.1. The van der Waals surface area contributed by atoms with Crippen LogP contribution >= 0.6 is 0 Å². The molecule has 2 atom stereocenters. The van der Waals surface area contributed by atoms with E-state index in [4.69, 9.17) is 5.73 Å². The normalized spacial score (nSPS) is 23.2. The van der Waals surface area contributed by atoms with Crippen LogP contribution in [0.15, 0.2) is 18.2 Å². The Balaban J connectivity index is 2.03. The highest BCUT2D eigenvalue weighted by atomic mass is 16.1. The van der Waals surface area contributed by atoms with E-state index in [1.54, 1.807) is 4.68 Å². The van der Waals surface area contributed by atoms with Crippen molar-refractivity contribution in [2.24, 2.45) is 18.7 Å². The summed E-state index contributed by atoms with van der Waals surface area (Å²) < 4.78 is 1.80. The second-order valence-corrected chi connectivity index (χ2v) is 4.64. The standard InChI is InChI=1S/C13H19N3O/c1-3-11-7-12(16(2)15-11)8-13(17)9-4-5-10(14)6-9/h4-5,7,9-10H,3,6,8,14H2,1-2H3. The predicted octanol–water partition coefficient (Wildman–Crippen LogP) is 0.997. The molecule has 1 heterocycles. The zero-order valence-electron chi connectivity index (χ0n) is 10.4. The van der Waals surface area contributed by atoms with Crippen molar-refractivity contribution in [3.63, 3.8) is 0 Å². The number of aromatic nitrogens is 2. The molecule has 2 rings (SSSR count). The van der Waals surface area contributed by atoms with Crippen LogP contribution in [0.1, 0.15) is 24.7 Å². The van der Waals surface area contributed by atoms with Crippen molar-refractivity contribution < 1.29 is 4.79 Å². The molecule has 2 N–H and O–H groups in total. The zero-order valence-corrected chi connectivity index (χ0v) is 10.4. The molecule has 0 amide bonds. The van der Waals surface area contributed by atoms with Gasteiger partial charge in [-0.25, -0.2) is 0 Å². The van der Waals surface area contributed by atoms with E-state index in [0.29, 0.717) is 6.42 Å². The molecule has 1 aromatic rings. The molecule has 1 aromatic heterocycles. The van der Waals surface area contributed by atoms with Gasteiger partial charge < -0.3 is 5.73 Å². The van der Waals surface area contributed by atoms with Crippen molar-refractivity contribution in [3.8, 4) is 0 Å². The molecule has 1 aliphatic rings. The second-order valence-electron chi connectivity index (χ2n) is 4.64. The summed E-state index contributed by atoms with van der Waals surface area (Å²) >= 11 is 0. The van der Waals surface area contributed by atoms with E-state index >= 15 is 0 Å². The Hall–Kier alpha value is -1.42. The molecular weight excluding hydrogens is 214 g/mol. The van der Waals surface area contributed by atoms with Gasteiger partial charge in [0.25, 0.3) is 0 Å². The van der Waals surface area contributed by atoms with Crippen molar-refractivity contribution in [1.82, 2.24) is 9.78 Å². The average molecular weight is 233 g/mol. The van der Waals surface area contributed by atoms with E-state index in [-0.39, 0.29) is 17.7 Å². The number of rotatable bonds is 4. The first-order chi connectivity index (χ1) is 8.10. The topological polar surface area (TPSA) is 60.9 Å². The largest absolute Gasteiger partial charge is 0.324 e. The summed E-state index contributed by atoms with van der Waals surface area (Å²) in [5, 5.41) is 4.35. The monoisotopic (exact) mass is 233 g/mol. The van der Waals surface area contributed by atoms with Crippen LogP contribution < -0.4 is 5.73 Å². The van der Waals surface area contributed by atoms with Crippen LogP contribution in [0.5, 0.6) is 0 Å². The Labute approximate surface area is 101 Å². The predicted molar refractivity (Wildman–Crippen MR) is 66.5 cm³/mol. The molecule has 0 radical (unpaired) electrons. The van der Waals surface area contributed by atoms with Crippen LogP contribution in [0.3, 0.4) is 0 Å². The maximum atomic E-state index is 12.1. The van der Waals surface area contributed by atoms with Crippen molar-refractivity contribution in [1.29, 1.82) is 0 Å². The smallest absolute Gasteiger partial charge is 0.145 e. The first-order valence-corrected chi connectivity index (χ1v) is 6.08. The quantitative estimate of drug-likeness (QED) is 0.789. The minimum absolute atomic E-state index is 0.00928.